The molecular weight excluding hydrogens is 421 g/mol. The van der Waals surface area contributed by atoms with E-state index in [-0.39, 0.29) is 6.42 Å². The van der Waals surface area contributed by atoms with Crippen molar-refractivity contribution in [1.29, 1.82) is 0 Å². The van der Waals surface area contributed by atoms with Crippen molar-refractivity contribution in [2.45, 2.75) is 12.0 Å². The highest BCUT2D eigenvalue weighted by molar-refractivity contribution is 9.10. The quantitative estimate of drug-likeness (QED) is 0.641. The van der Waals surface area contributed by atoms with Crippen molar-refractivity contribution in [1.82, 2.24) is 4.98 Å². The van der Waals surface area contributed by atoms with Gasteiger partial charge in [0, 0.05) is 22.7 Å². The van der Waals surface area contributed by atoms with Crippen molar-refractivity contribution < 1.29 is 9.13 Å². The van der Waals surface area contributed by atoms with Gasteiger partial charge >= 0.3 is 0 Å². The second-order valence-electron chi connectivity index (χ2n) is 6.58. The maximum Gasteiger partial charge on any atom is 0.146 e. The molecule has 0 saturated carbocycles. The molecule has 0 amide bonds. The Morgan fingerprint density at radius 3 is 2.68 bits per heavy atom. The fraction of sp³-hybridized carbons (Fsp3) is 0.182. The van der Waals surface area contributed by atoms with Gasteiger partial charge in [-0.3, -0.25) is 9.37 Å². The summed E-state index contributed by atoms with van der Waals surface area (Å²) in [7, 11) is 1.59. The average Bonchev–Trinajstić information content (AvgIpc) is 3.02. The zero-order valence-corrected chi connectivity index (χ0v) is 16.9. The van der Waals surface area contributed by atoms with Gasteiger partial charge in [0.2, 0.25) is 0 Å². The molecule has 142 valence electrons. The molecular formula is C22H19BrFN3O. The van der Waals surface area contributed by atoms with Crippen molar-refractivity contribution in [3.63, 3.8) is 0 Å². The van der Waals surface area contributed by atoms with Crippen LogP contribution >= 0.6 is 15.9 Å². The first-order valence-electron chi connectivity index (χ1n) is 8.90. The molecule has 0 spiro atoms. The zero-order valence-electron chi connectivity index (χ0n) is 15.3. The van der Waals surface area contributed by atoms with Crippen LogP contribution in [0.15, 0.2) is 70.3 Å². The number of rotatable bonds is 5. The van der Waals surface area contributed by atoms with Gasteiger partial charge in [-0.15, -0.1) is 0 Å². The summed E-state index contributed by atoms with van der Waals surface area (Å²) < 4.78 is 19.5. The number of halogens is 2. The smallest absolute Gasteiger partial charge is 0.146 e. The lowest BCUT2D eigenvalue weighted by molar-refractivity contribution is 0.404. The Bertz CT molecular complexity index is 1070. The van der Waals surface area contributed by atoms with Crippen molar-refractivity contribution in [3.8, 4) is 5.75 Å². The molecule has 28 heavy (non-hydrogen) atoms. The molecule has 0 radical (unpaired) electrons. The highest BCUT2D eigenvalue weighted by atomic mass is 79.9. The number of nitrogens with zero attached hydrogens (tertiary/aromatic N) is 2. The monoisotopic (exact) mass is 439 g/mol. The predicted octanol–water partition coefficient (Wildman–Crippen LogP) is 4.38. The normalized spacial score (nSPS) is 17.9. The first-order valence-corrected chi connectivity index (χ1v) is 9.70. The lowest BCUT2D eigenvalue weighted by Gasteiger charge is -2.29. The van der Waals surface area contributed by atoms with Crippen LogP contribution < -0.4 is 10.5 Å². The standard InChI is InChI=1S/C22H19BrFN3O/c1-28-19-8-7-16(12-14(19)9-10-24)22(15-4-2-5-17(23)13-15)18-6-3-11-26-20(18)21(25)27-22/h2-8,11-13H,9-10H2,1H3,(H2,25,27). The van der Waals surface area contributed by atoms with E-state index in [1.54, 1.807) is 13.3 Å². The summed E-state index contributed by atoms with van der Waals surface area (Å²) in [6.07, 6.45) is 1.98. The molecule has 2 N–H and O–H groups in total. The Hall–Kier alpha value is -2.73. The molecule has 0 bridgehead atoms. The Balaban J connectivity index is 2.03. The fourth-order valence-corrected chi connectivity index (χ4v) is 4.22. The summed E-state index contributed by atoms with van der Waals surface area (Å²) in [6, 6.07) is 17.6. The van der Waals surface area contributed by atoms with Crippen LogP contribution in [-0.4, -0.2) is 24.6 Å². The number of alkyl halides is 1. The lowest BCUT2D eigenvalue weighted by Crippen LogP contribution is -2.26. The maximum absolute atomic E-state index is 13.2. The number of hydrogen-bond donors (Lipinski definition) is 1. The summed E-state index contributed by atoms with van der Waals surface area (Å²) in [5, 5.41) is 0. The van der Waals surface area contributed by atoms with E-state index in [4.69, 9.17) is 15.5 Å². The average molecular weight is 440 g/mol. The first kappa shape index (κ1) is 18.6. The Labute approximate surface area is 171 Å². The molecule has 1 atom stereocenters. The Kier molecular flexibility index (Phi) is 4.89. The molecule has 0 saturated heterocycles. The first-order chi connectivity index (χ1) is 13.6. The van der Waals surface area contributed by atoms with E-state index in [9.17, 15) is 4.39 Å². The third kappa shape index (κ3) is 2.88. The third-order valence-electron chi connectivity index (χ3n) is 5.03. The largest absolute Gasteiger partial charge is 0.496 e. The molecule has 1 aliphatic heterocycles. The van der Waals surface area contributed by atoms with Crippen molar-refractivity contribution in [2.24, 2.45) is 10.7 Å². The highest BCUT2D eigenvalue weighted by Gasteiger charge is 2.43. The molecule has 1 aromatic heterocycles. The SMILES string of the molecule is COc1ccc(C2(c3cccc(Br)c3)N=C(N)c3ncccc32)cc1CCF. The number of methoxy groups -OCH3 is 1. The Morgan fingerprint density at radius 1 is 1.11 bits per heavy atom. The number of benzene rings is 2. The topological polar surface area (TPSA) is 60.5 Å². The summed E-state index contributed by atoms with van der Waals surface area (Å²) >= 11 is 3.56. The summed E-state index contributed by atoms with van der Waals surface area (Å²) in [6.45, 7) is -0.465. The fourth-order valence-electron chi connectivity index (χ4n) is 3.82. The molecule has 2 heterocycles. The minimum absolute atomic E-state index is 0.269. The van der Waals surface area contributed by atoms with Gasteiger partial charge in [-0.05, 0) is 47.0 Å². The number of ether oxygens (including phenoxy) is 1. The Morgan fingerprint density at radius 2 is 1.93 bits per heavy atom. The van der Waals surface area contributed by atoms with Crippen molar-refractivity contribution in [2.75, 3.05) is 13.8 Å². The number of pyridine rings is 1. The minimum Gasteiger partial charge on any atom is -0.496 e. The van der Waals surface area contributed by atoms with Crippen LogP contribution in [0.5, 0.6) is 5.75 Å². The van der Waals surface area contributed by atoms with Crippen LogP contribution in [0.4, 0.5) is 4.39 Å². The third-order valence-corrected chi connectivity index (χ3v) is 5.53. The molecule has 0 aliphatic carbocycles. The molecule has 4 rings (SSSR count). The van der Waals surface area contributed by atoms with Crippen molar-refractivity contribution >= 4 is 21.8 Å². The van der Waals surface area contributed by atoms with E-state index in [0.717, 1.165) is 26.7 Å². The van der Waals surface area contributed by atoms with Crippen molar-refractivity contribution in [3.05, 3.63) is 93.2 Å². The van der Waals surface area contributed by atoms with Crippen LogP contribution in [0.3, 0.4) is 0 Å². The number of hydrogen-bond acceptors (Lipinski definition) is 4. The molecule has 2 aromatic carbocycles. The van der Waals surface area contributed by atoms with Gasteiger partial charge in [-0.25, -0.2) is 4.99 Å². The number of fused-ring (bicyclic) bond motifs is 1. The summed E-state index contributed by atoms with van der Waals surface area (Å²) in [4.78, 5) is 9.35. The van der Waals surface area contributed by atoms with E-state index in [2.05, 4.69) is 20.9 Å². The number of aliphatic imine (C=N–C) groups is 1. The van der Waals surface area contributed by atoms with Gasteiger partial charge in [0.05, 0.1) is 13.8 Å². The molecule has 3 aromatic rings. The zero-order chi connectivity index (χ0) is 19.7. The molecule has 6 heteroatoms. The van der Waals surface area contributed by atoms with E-state index in [0.29, 0.717) is 17.3 Å². The van der Waals surface area contributed by atoms with Gasteiger partial charge in [0.25, 0.3) is 0 Å². The second-order valence-corrected chi connectivity index (χ2v) is 7.50. The maximum atomic E-state index is 13.2. The summed E-state index contributed by atoms with van der Waals surface area (Å²) in [5.74, 6) is 1.05. The number of nitrogens with two attached hydrogens (primary N) is 1. The van der Waals surface area contributed by atoms with Crippen LogP contribution in [0, 0.1) is 0 Å². The minimum atomic E-state index is -0.852. The van der Waals surface area contributed by atoms with Crippen LogP contribution in [0.25, 0.3) is 0 Å². The van der Waals surface area contributed by atoms with Crippen LogP contribution in [0.1, 0.15) is 27.9 Å². The van der Waals surface area contributed by atoms with Gasteiger partial charge in [0.15, 0.2) is 0 Å². The van der Waals surface area contributed by atoms with Gasteiger partial charge in [-0.1, -0.05) is 40.2 Å². The number of aryl methyl sites for hydroxylation is 1. The van der Waals surface area contributed by atoms with E-state index >= 15 is 0 Å². The molecule has 0 fully saturated rings. The van der Waals surface area contributed by atoms with E-state index in [1.807, 2.05) is 54.6 Å². The van der Waals surface area contributed by atoms with Gasteiger partial charge in [-0.2, -0.15) is 0 Å². The summed E-state index contributed by atoms with van der Waals surface area (Å²) in [5.41, 5.74) is 9.64. The molecule has 1 aliphatic rings. The van der Waals surface area contributed by atoms with Gasteiger partial charge in [0.1, 0.15) is 22.8 Å². The second kappa shape index (κ2) is 7.36. The van der Waals surface area contributed by atoms with E-state index in [1.165, 1.54) is 0 Å². The lowest BCUT2D eigenvalue weighted by atomic mass is 9.78. The molecule has 1 unspecified atom stereocenters. The molecule has 4 nitrogen and oxygen atoms in total. The highest BCUT2D eigenvalue weighted by Crippen LogP contribution is 2.46. The van der Waals surface area contributed by atoms with E-state index < -0.39 is 12.2 Å². The predicted molar refractivity (Wildman–Crippen MR) is 112 cm³/mol. The van der Waals surface area contributed by atoms with Crippen LogP contribution in [-0.2, 0) is 12.0 Å². The number of amidine groups is 1. The number of aromatic nitrogens is 1. The van der Waals surface area contributed by atoms with Crippen LogP contribution in [0.2, 0.25) is 0 Å². The van der Waals surface area contributed by atoms with Gasteiger partial charge < -0.3 is 10.5 Å².